The van der Waals surface area contributed by atoms with Gasteiger partial charge in [-0.1, -0.05) is 0 Å². The van der Waals surface area contributed by atoms with Gasteiger partial charge >= 0.3 is 0 Å². The largest absolute Gasteiger partial charge is 0.310 e. The fourth-order valence-electron chi connectivity index (χ4n) is 0.873. The predicted octanol–water partition coefficient (Wildman–Crippen LogP) is 0.479. The normalized spacial score (nSPS) is 10.8. The van der Waals surface area contributed by atoms with Crippen LogP contribution >= 0.6 is 22.6 Å². The van der Waals surface area contributed by atoms with Gasteiger partial charge in [0.15, 0.2) is 0 Å². The highest BCUT2D eigenvalue weighted by molar-refractivity contribution is 14.1. The number of rotatable bonds is 3. The molecule has 4 nitrogen and oxygen atoms in total. The van der Waals surface area contributed by atoms with E-state index < -0.39 is 0 Å². The van der Waals surface area contributed by atoms with Gasteiger partial charge in [0.1, 0.15) is 5.82 Å². The molecule has 0 bridgehead atoms. The van der Waals surface area contributed by atoms with Crippen molar-refractivity contribution in [3.63, 3.8) is 0 Å². The molecule has 0 spiro atoms. The molecule has 1 heterocycles. The molecule has 0 saturated carbocycles. The van der Waals surface area contributed by atoms with Crippen LogP contribution in [0.2, 0.25) is 0 Å². The zero-order valence-corrected chi connectivity index (χ0v) is 9.83. The molecule has 1 aromatic heterocycles. The highest BCUT2D eigenvalue weighted by atomic mass is 127. The lowest BCUT2D eigenvalue weighted by atomic mass is 10.4. The number of H-pyrrole nitrogens is 1. The molecule has 1 N–H and O–H groups in total. The maximum atomic E-state index is 11.2. The summed E-state index contributed by atoms with van der Waals surface area (Å²) in [6.07, 6.45) is 2.38. The van der Waals surface area contributed by atoms with Crippen molar-refractivity contribution in [3.05, 3.63) is 25.9 Å². The van der Waals surface area contributed by atoms with Crippen LogP contribution in [0.5, 0.6) is 0 Å². The van der Waals surface area contributed by atoms with Gasteiger partial charge in [-0.3, -0.25) is 4.79 Å². The molecule has 72 valence electrons. The second-order valence-electron chi connectivity index (χ2n) is 3.06. The Morgan fingerprint density at radius 1 is 1.62 bits per heavy atom. The standard InChI is InChI=1S/C8H12IN3O/c1-12(2)4-3-7-10-5-6(9)8(13)11-7/h5H,3-4H2,1-2H3,(H,10,11,13). The molecule has 0 aliphatic heterocycles. The van der Waals surface area contributed by atoms with Crippen molar-refractivity contribution in [3.8, 4) is 0 Å². The summed E-state index contributed by atoms with van der Waals surface area (Å²) in [6, 6.07) is 0. The number of halogens is 1. The minimum Gasteiger partial charge on any atom is -0.310 e. The van der Waals surface area contributed by atoms with Crippen molar-refractivity contribution in [1.82, 2.24) is 14.9 Å². The summed E-state index contributed by atoms with van der Waals surface area (Å²) in [5.41, 5.74) is -0.0515. The average Bonchev–Trinajstić information content (AvgIpc) is 2.07. The molecule has 0 fully saturated rings. The Morgan fingerprint density at radius 3 is 2.85 bits per heavy atom. The first-order valence-corrected chi connectivity index (χ1v) is 5.06. The summed E-state index contributed by atoms with van der Waals surface area (Å²) >= 11 is 1.97. The third-order valence-electron chi connectivity index (χ3n) is 1.60. The van der Waals surface area contributed by atoms with Crippen LogP contribution in [0, 0.1) is 3.57 Å². The van der Waals surface area contributed by atoms with E-state index in [2.05, 4.69) is 14.9 Å². The summed E-state index contributed by atoms with van der Waals surface area (Å²) < 4.78 is 0.631. The van der Waals surface area contributed by atoms with Gasteiger partial charge in [-0.2, -0.15) is 0 Å². The summed E-state index contributed by atoms with van der Waals surface area (Å²) in [6.45, 7) is 0.892. The maximum absolute atomic E-state index is 11.2. The number of likely N-dealkylation sites (N-methyl/N-ethyl adjacent to an activating group) is 1. The van der Waals surface area contributed by atoms with Crippen LogP contribution < -0.4 is 5.56 Å². The Balaban J connectivity index is 2.69. The van der Waals surface area contributed by atoms with Gasteiger partial charge in [0, 0.05) is 19.2 Å². The lowest BCUT2D eigenvalue weighted by molar-refractivity contribution is 0.409. The Kier molecular flexibility index (Phi) is 3.86. The van der Waals surface area contributed by atoms with E-state index in [1.54, 1.807) is 6.20 Å². The first-order valence-electron chi connectivity index (χ1n) is 3.98. The predicted molar refractivity (Wildman–Crippen MR) is 59.8 cm³/mol. The summed E-state index contributed by atoms with van der Waals surface area (Å²) in [5.74, 6) is 0.749. The molecular formula is C8H12IN3O. The SMILES string of the molecule is CN(C)CCc1ncc(I)c(=O)[nH]1. The average molecular weight is 293 g/mol. The Labute approximate surface area is 90.5 Å². The molecule has 0 amide bonds. The number of nitrogens with zero attached hydrogens (tertiary/aromatic N) is 2. The third kappa shape index (κ3) is 3.43. The lowest BCUT2D eigenvalue weighted by Crippen LogP contribution is -2.19. The monoisotopic (exact) mass is 293 g/mol. The third-order valence-corrected chi connectivity index (χ3v) is 2.37. The zero-order valence-electron chi connectivity index (χ0n) is 7.67. The van der Waals surface area contributed by atoms with Gasteiger partial charge in [0.2, 0.25) is 0 Å². The van der Waals surface area contributed by atoms with Gasteiger partial charge in [-0.15, -0.1) is 0 Å². The maximum Gasteiger partial charge on any atom is 0.264 e. The van der Waals surface area contributed by atoms with Crippen molar-refractivity contribution in [1.29, 1.82) is 0 Å². The highest BCUT2D eigenvalue weighted by Crippen LogP contribution is 1.94. The summed E-state index contributed by atoms with van der Waals surface area (Å²) in [4.78, 5) is 20.1. The second kappa shape index (κ2) is 4.71. The fourth-order valence-corrected chi connectivity index (χ4v) is 1.15. The first-order chi connectivity index (χ1) is 6.09. The van der Waals surface area contributed by atoms with E-state index >= 15 is 0 Å². The molecular weight excluding hydrogens is 281 g/mol. The van der Waals surface area contributed by atoms with Crippen molar-refractivity contribution in [2.24, 2.45) is 0 Å². The van der Waals surface area contributed by atoms with Crippen LogP contribution in [0.3, 0.4) is 0 Å². The molecule has 0 aliphatic carbocycles. The van der Waals surface area contributed by atoms with Crippen molar-refractivity contribution >= 4 is 22.6 Å². The topological polar surface area (TPSA) is 49.0 Å². The van der Waals surface area contributed by atoms with Crippen LogP contribution in [0.4, 0.5) is 0 Å². The van der Waals surface area contributed by atoms with E-state index in [-0.39, 0.29) is 5.56 Å². The van der Waals surface area contributed by atoms with Crippen LogP contribution in [-0.2, 0) is 6.42 Å². The highest BCUT2D eigenvalue weighted by Gasteiger charge is 1.99. The molecule has 5 heteroatoms. The van der Waals surface area contributed by atoms with Crippen LogP contribution in [-0.4, -0.2) is 35.5 Å². The fraction of sp³-hybridized carbons (Fsp3) is 0.500. The second-order valence-corrected chi connectivity index (χ2v) is 4.22. The first kappa shape index (κ1) is 10.6. The van der Waals surface area contributed by atoms with Gasteiger partial charge in [-0.05, 0) is 36.7 Å². The Morgan fingerprint density at radius 2 is 2.31 bits per heavy atom. The molecule has 13 heavy (non-hydrogen) atoms. The quantitative estimate of drug-likeness (QED) is 0.825. The van der Waals surface area contributed by atoms with E-state index in [9.17, 15) is 4.79 Å². The minimum absolute atomic E-state index is 0.0515. The van der Waals surface area contributed by atoms with Crippen LogP contribution in [0.1, 0.15) is 5.82 Å². The lowest BCUT2D eigenvalue weighted by Gasteiger charge is -2.07. The Bertz CT molecular complexity index is 334. The smallest absolute Gasteiger partial charge is 0.264 e. The Hall–Kier alpha value is -0.430. The molecule has 0 unspecified atom stereocenters. The minimum atomic E-state index is -0.0515. The molecule has 0 aliphatic rings. The molecule has 1 aromatic rings. The molecule has 0 saturated heterocycles. The number of aromatic nitrogens is 2. The van der Waals surface area contributed by atoms with Crippen LogP contribution in [0.25, 0.3) is 0 Å². The number of nitrogens with one attached hydrogen (secondary N) is 1. The van der Waals surface area contributed by atoms with Crippen molar-refractivity contribution in [2.75, 3.05) is 20.6 Å². The van der Waals surface area contributed by atoms with Gasteiger partial charge in [0.05, 0.1) is 3.57 Å². The van der Waals surface area contributed by atoms with Crippen molar-refractivity contribution < 1.29 is 0 Å². The molecule has 0 atom stereocenters. The van der Waals surface area contributed by atoms with E-state index in [0.717, 1.165) is 18.8 Å². The van der Waals surface area contributed by atoms with Crippen LogP contribution in [0.15, 0.2) is 11.0 Å². The molecule has 1 rings (SSSR count). The number of aromatic amines is 1. The summed E-state index contributed by atoms with van der Waals surface area (Å²) in [7, 11) is 3.98. The van der Waals surface area contributed by atoms with E-state index in [0.29, 0.717) is 3.57 Å². The summed E-state index contributed by atoms with van der Waals surface area (Å²) in [5, 5.41) is 0. The van der Waals surface area contributed by atoms with E-state index in [1.165, 1.54) is 0 Å². The number of hydrogen-bond donors (Lipinski definition) is 1. The zero-order chi connectivity index (χ0) is 9.84. The van der Waals surface area contributed by atoms with Crippen molar-refractivity contribution in [2.45, 2.75) is 6.42 Å². The van der Waals surface area contributed by atoms with Gasteiger partial charge in [-0.25, -0.2) is 4.98 Å². The molecule has 0 radical (unpaired) electrons. The van der Waals surface area contributed by atoms with Gasteiger partial charge in [0.25, 0.3) is 5.56 Å². The number of hydrogen-bond acceptors (Lipinski definition) is 3. The molecule has 0 aromatic carbocycles. The van der Waals surface area contributed by atoms with E-state index in [4.69, 9.17) is 0 Å². The van der Waals surface area contributed by atoms with E-state index in [1.807, 2.05) is 36.7 Å². The van der Waals surface area contributed by atoms with Gasteiger partial charge < -0.3 is 9.88 Å².